The molecule has 0 aliphatic heterocycles. The van der Waals surface area contributed by atoms with Gasteiger partial charge in [-0.15, -0.1) is 5.10 Å². The second-order valence-electron chi connectivity index (χ2n) is 2.58. The number of guanidine groups is 1. The molecular weight excluding hydrogens is 239 g/mol. The first kappa shape index (κ1) is 11.6. The maximum atomic E-state index is 11.4. The zero-order valence-corrected chi connectivity index (χ0v) is 9.01. The molecule has 0 fully saturated rings. The molecule has 7 heteroatoms. The molecule has 0 aromatic heterocycles. The van der Waals surface area contributed by atoms with Gasteiger partial charge in [-0.2, -0.15) is 0 Å². The lowest BCUT2D eigenvalue weighted by atomic mass is 10.2. The third-order valence-electron chi connectivity index (χ3n) is 1.48. The molecule has 0 unspecified atom stereocenters. The molecule has 0 aliphatic rings. The lowest BCUT2D eigenvalue weighted by molar-refractivity contribution is 0.0955. The van der Waals surface area contributed by atoms with Gasteiger partial charge in [0.2, 0.25) is 5.96 Å². The van der Waals surface area contributed by atoms with Gasteiger partial charge >= 0.3 is 0 Å². The Labute approximate surface area is 96.0 Å². The summed E-state index contributed by atoms with van der Waals surface area (Å²) in [6, 6.07) is 4.67. The molecule has 80 valence electrons. The lowest BCUT2D eigenvalue weighted by Crippen LogP contribution is -2.29. The number of carbonyl (C=O) groups is 1. The molecule has 0 heterocycles. The Bertz CT molecular complexity index is 415. The Morgan fingerprint density at radius 1 is 1.33 bits per heavy atom. The predicted octanol–water partition coefficient (Wildman–Crippen LogP) is 0.912. The molecule has 0 spiro atoms. The predicted molar refractivity (Wildman–Crippen MR) is 59.7 cm³/mol. The van der Waals surface area contributed by atoms with Crippen LogP contribution in [0, 0.1) is 0 Å². The second-order valence-corrected chi connectivity index (χ2v) is 3.36. The third kappa shape index (κ3) is 3.00. The standard InChI is InChI=1S/C8H8Cl2N4O/c9-5-3-1-2-4(6(5)10)7(15)13-14-8(11)12/h1-3H,(H,13,15)(H4,11,12,14). The molecule has 1 aromatic rings. The average Bonchev–Trinajstić information content (AvgIpc) is 2.18. The molecule has 1 rings (SSSR count). The summed E-state index contributed by atoms with van der Waals surface area (Å²) in [6.45, 7) is 0. The number of carbonyl (C=O) groups excluding carboxylic acids is 1. The van der Waals surface area contributed by atoms with Gasteiger partial charge in [-0.05, 0) is 12.1 Å². The Morgan fingerprint density at radius 3 is 2.60 bits per heavy atom. The van der Waals surface area contributed by atoms with Crippen molar-refractivity contribution in [2.75, 3.05) is 0 Å². The molecule has 1 amide bonds. The number of nitrogens with zero attached hydrogens (tertiary/aromatic N) is 1. The molecule has 5 N–H and O–H groups in total. The van der Waals surface area contributed by atoms with Gasteiger partial charge in [0.25, 0.3) is 5.91 Å². The number of hydrogen-bond acceptors (Lipinski definition) is 2. The van der Waals surface area contributed by atoms with Crippen molar-refractivity contribution in [2.24, 2.45) is 16.6 Å². The third-order valence-corrected chi connectivity index (χ3v) is 2.30. The SMILES string of the molecule is NC(N)=NNC(=O)c1cccc(Cl)c1Cl. The smallest absolute Gasteiger partial charge is 0.273 e. The minimum Gasteiger partial charge on any atom is -0.369 e. The van der Waals surface area contributed by atoms with Gasteiger partial charge in [0.15, 0.2) is 0 Å². The van der Waals surface area contributed by atoms with Crippen LogP contribution in [0.3, 0.4) is 0 Å². The van der Waals surface area contributed by atoms with Gasteiger partial charge in [0.1, 0.15) is 0 Å². The number of benzene rings is 1. The molecule has 0 bridgehead atoms. The van der Waals surface area contributed by atoms with E-state index in [1.165, 1.54) is 6.07 Å². The number of nitrogens with one attached hydrogen (secondary N) is 1. The molecule has 1 aromatic carbocycles. The van der Waals surface area contributed by atoms with Crippen molar-refractivity contribution in [3.8, 4) is 0 Å². The Kier molecular flexibility index (Phi) is 3.76. The van der Waals surface area contributed by atoms with Gasteiger partial charge in [-0.3, -0.25) is 4.79 Å². The highest BCUT2D eigenvalue weighted by Crippen LogP contribution is 2.25. The quantitative estimate of drug-likeness (QED) is 0.412. The topological polar surface area (TPSA) is 93.5 Å². The van der Waals surface area contributed by atoms with Crippen molar-refractivity contribution in [3.05, 3.63) is 33.8 Å². The fraction of sp³-hybridized carbons (Fsp3) is 0. The van der Waals surface area contributed by atoms with Gasteiger partial charge in [0, 0.05) is 0 Å². The van der Waals surface area contributed by atoms with Crippen LogP contribution in [0.2, 0.25) is 10.0 Å². The highest BCUT2D eigenvalue weighted by atomic mass is 35.5. The Hall–Kier alpha value is -1.46. The molecule has 0 saturated carbocycles. The number of hydrogen-bond donors (Lipinski definition) is 3. The number of halogens is 2. The Balaban J connectivity index is 2.92. The maximum Gasteiger partial charge on any atom is 0.273 e. The minimum absolute atomic E-state index is 0.155. The first-order valence-electron chi connectivity index (χ1n) is 3.85. The molecule has 0 radical (unpaired) electrons. The van der Waals surface area contributed by atoms with E-state index in [2.05, 4.69) is 10.5 Å². The summed E-state index contributed by atoms with van der Waals surface area (Å²) in [7, 11) is 0. The number of amides is 1. The minimum atomic E-state index is -0.532. The average molecular weight is 247 g/mol. The maximum absolute atomic E-state index is 11.4. The normalized spacial score (nSPS) is 9.47. The van der Waals surface area contributed by atoms with Crippen LogP contribution in [0.25, 0.3) is 0 Å². The van der Waals surface area contributed by atoms with E-state index in [0.29, 0.717) is 0 Å². The molecule has 0 aliphatic carbocycles. The van der Waals surface area contributed by atoms with Crippen molar-refractivity contribution in [1.29, 1.82) is 0 Å². The fourth-order valence-electron chi connectivity index (χ4n) is 0.855. The first-order valence-corrected chi connectivity index (χ1v) is 4.61. The van der Waals surface area contributed by atoms with E-state index in [9.17, 15) is 4.79 Å². The van der Waals surface area contributed by atoms with E-state index in [-0.39, 0.29) is 21.6 Å². The molecule has 5 nitrogen and oxygen atoms in total. The van der Waals surface area contributed by atoms with Crippen LogP contribution in [0.15, 0.2) is 23.3 Å². The number of nitrogens with two attached hydrogens (primary N) is 2. The van der Waals surface area contributed by atoms with Crippen molar-refractivity contribution in [2.45, 2.75) is 0 Å². The summed E-state index contributed by atoms with van der Waals surface area (Å²) in [4.78, 5) is 11.4. The van der Waals surface area contributed by atoms with Gasteiger partial charge < -0.3 is 11.5 Å². The summed E-state index contributed by atoms with van der Waals surface area (Å²) >= 11 is 11.5. The van der Waals surface area contributed by atoms with Crippen LogP contribution < -0.4 is 16.9 Å². The Morgan fingerprint density at radius 2 is 2.00 bits per heavy atom. The van der Waals surface area contributed by atoms with Crippen LogP contribution in [0.1, 0.15) is 10.4 Å². The van der Waals surface area contributed by atoms with Crippen LogP contribution >= 0.6 is 23.2 Å². The second kappa shape index (κ2) is 4.86. The number of rotatable bonds is 2. The van der Waals surface area contributed by atoms with Gasteiger partial charge in [-0.1, -0.05) is 29.3 Å². The van der Waals surface area contributed by atoms with Gasteiger partial charge in [-0.25, -0.2) is 5.43 Å². The molecular formula is C8H8Cl2N4O. The number of hydrazone groups is 1. The van der Waals surface area contributed by atoms with Crippen LogP contribution in [0.4, 0.5) is 0 Å². The van der Waals surface area contributed by atoms with Crippen molar-refractivity contribution < 1.29 is 4.79 Å². The fourth-order valence-corrected chi connectivity index (χ4v) is 1.24. The lowest BCUT2D eigenvalue weighted by Gasteiger charge is -2.03. The summed E-state index contributed by atoms with van der Waals surface area (Å²) in [6.07, 6.45) is 0. The monoisotopic (exact) mass is 246 g/mol. The first-order chi connectivity index (χ1) is 7.02. The molecule has 15 heavy (non-hydrogen) atoms. The van der Waals surface area contributed by atoms with Crippen molar-refractivity contribution in [3.63, 3.8) is 0 Å². The summed E-state index contributed by atoms with van der Waals surface area (Å²) in [5.41, 5.74) is 12.4. The van der Waals surface area contributed by atoms with Crippen LogP contribution in [-0.4, -0.2) is 11.9 Å². The van der Waals surface area contributed by atoms with Gasteiger partial charge in [0.05, 0.1) is 15.6 Å². The van der Waals surface area contributed by atoms with Crippen LogP contribution in [0.5, 0.6) is 0 Å². The van der Waals surface area contributed by atoms with Crippen molar-refractivity contribution >= 4 is 35.1 Å². The van der Waals surface area contributed by atoms with Crippen molar-refractivity contribution in [1.82, 2.24) is 5.43 Å². The summed E-state index contributed by atoms with van der Waals surface area (Å²) in [5.74, 6) is -0.780. The summed E-state index contributed by atoms with van der Waals surface area (Å²) in [5, 5.41) is 3.78. The highest BCUT2D eigenvalue weighted by Gasteiger charge is 2.11. The van der Waals surface area contributed by atoms with E-state index in [4.69, 9.17) is 34.7 Å². The largest absolute Gasteiger partial charge is 0.369 e. The summed E-state index contributed by atoms with van der Waals surface area (Å²) < 4.78 is 0. The zero-order chi connectivity index (χ0) is 11.4. The van der Waals surface area contributed by atoms with E-state index < -0.39 is 5.91 Å². The zero-order valence-electron chi connectivity index (χ0n) is 7.50. The van der Waals surface area contributed by atoms with Crippen LogP contribution in [-0.2, 0) is 0 Å². The molecule has 0 atom stereocenters. The van der Waals surface area contributed by atoms with E-state index >= 15 is 0 Å². The van der Waals surface area contributed by atoms with E-state index in [1.807, 2.05) is 0 Å². The highest BCUT2D eigenvalue weighted by molar-refractivity contribution is 6.43. The van der Waals surface area contributed by atoms with E-state index in [1.54, 1.807) is 12.1 Å². The molecule has 0 saturated heterocycles. The van der Waals surface area contributed by atoms with E-state index in [0.717, 1.165) is 0 Å².